The molecule has 9 fully saturated rings. The number of amides is 12. The number of aliphatic hydroxyl groups excluding tert-OH is 1. The summed E-state index contributed by atoms with van der Waals surface area (Å²) in [5.74, 6) is -7.64. The van der Waals surface area contributed by atoms with E-state index in [-0.39, 0.29) is 163 Å². The predicted octanol–water partition coefficient (Wildman–Crippen LogP) is 7.88. The Bertz CT molecular complexity index is 4120. The third-order valence-corrected chi connectivity index (χ3v) is 20.3. The van der Waals surface area contributed by atoms with Gasteiger partial charge in [0.1, 0.15) is 5.54 Å². The van der Waals surface area contributed by atoms with Gasteiger partial charge in [-0.15, -0.1) is 6.42 Å². The average molecular weight is 2120 g/mol. The molecule has 860 valence electrons. The summed E-state index contributed by atoms with van der Waals surface area (Å²) >= 11 is 0. The van der Waals surface area contributed by atoms with Gasteiger partial charge in [0.2, 0.25) is 69.4 Å². The lowest BCUT2D eigenvalue weighted by atomic mass is 9.50. The topological polar surface area (TPSA) is 653 Å². The molecule has 0 aromatic carbocycles. The van der Waals surface area contributed by atoms with Crippen molar-refractivity contribution in [3.05, 3.63) is 0 Å². The summed E-state index contributed by atoms with van der Waals surface area (Å²) in [5, 5.41) is 39.0. The Hall–Kier alpha value is -12.1. The van der Waals surface area contributed by atoms with E-state index in [1.54, 1.807) is 27.7 Å². The molecule has 0 aromatic rings. The van der Waals surface area contributed by atoms with Gasteiger partial charge in [0.25, 0.3) is 70.9 Å². The van der Waals surface area contributed by atoms with Crippen molar-refractivity contribution in [2.75, 3.05) is 46.7 Å². The van der Waals surface area contributed by atoms with Gasteiger partial charge in [0.15, 0.2) is 11.6 Å². The summed E-state index contributed by atoms with van der Waals surface area (Å²) in [7, 11) is 1.21. The molecule has 9 rings (SSSR count). The molecule has 0 spiro atoms. The number of terminal acetylenes is 1. The number of methoxy groups -OCH3 is 1. The number of ether oxygens (including phenoxy) is 3. The maximum absolute atomic E-state index is 11.0. The molecular weight excluding hydrogens is 1930 g/mol. The fraction of sp³-hybridized carbons (Fsp3) is 0.724. The van der Waals surface area contributed by atoms with Gasteiger partial charge in [-0.05, 0) is 196 Å². The van der Waals surface area contributed by atoms with Crippen LogP contribution in [0.4, 0.5) is 0 Å². The SMILES string of the molecule is C.C.C.C.C.C.C.C.C.C.C#CCNC(=O)C(C)=O.CC(=O)C(=O)CC1CCC1.CC(=O)C(=O)NC(C)(C)C.CC(=O)C(=O)NC(C)C.CC(=O)C(=O)NC(C)C.CC(=O)C(=O)NC1(C)COC1.CC(=O)C(=O)NC12CC(C1)C2.CC(=O)C(=O)NC1CC(C)C1.CC(=O)C(=O)NC1CC(C)C1.CC(=O)C(=O)NC1CC(CO)C1.CC(=O)C(=O)NC1CCOC1.CCC(C)(C)NC(=O)C(C)=O.COC(=O)C(C)(C)NC(=O)C(C)=O. The molecule has 43 heteroatoms. The van der Waals surface area contributed by atoms with Crippen molar-refractivity contribution in [1.29, 1.82) is 0 Å². The molecule has 2 aliphatic heterocycles. The maximum Gasteiger partial charge on any atom is 0.330 e. The van der Waals surface area contributed by atoms with Gasteiger partial charge < -0.3 is 83.1 Å². The van der Waals surface area contributed by atoms with E-state index in [2.05, 4.69) is 88.3 Å². The van der Waals surface area contributed by atoms with E-state index in [1.807, 2.05) is 48.5 Å². The summed E-state index contributed by atoms with van der Waals surface area (Å²) in [6.07, 6.45) is 19.3. The number of hydrogen-bond acceptors (Lipinski definition) is 31. The number of carbonyl (C=O) groups is 27. The van der Waals surface area contributed by atoms with E-state index in [0.29, 0.717) is 56.5 Å². The van der Waals surface area contributed by atoms with Crippen molar-refractivity contribution in [3.8, 4) is 12.3 Å². The van der Waals surface area contributed by atoms with E-state index in [0.717, 1.165) is 96.3 Å². The van der Waals surface area contributed by atoms with Gasteiger partial charge in [0, 0.05) is 156 Å². The zero-order chi connectivity index (χ0) is 109. The number of nitrogens with one attached hydrogen (secondary N) is 12. The van der Waals surface area contributed by atoms with E-state index in [4.69, 9.17) is 21.0 Å². The molecule has 7 aliphatic carbocycles. The quantitative estimate of drug-likeness (QED) is 0.0192. The van der Waals surface area contributed by atoms with Gasteiger partial charge in [0.05, 0.1) is 45.1 Å². The number of rotatable bonds is 29. The lowest BCUT2D eigenvalue weighted by Crippen LogP contribution is -2.68. The molecule has 43 nitrogen and oxygen atoms in total. The lowest BCUT2D eigenvalue weighted by Gasteiger charge is -2.61. The van der Waals surface area contributed by atoms with Crippen molar-refractivity contribution < 1.29 is 149 Å². The molecule has 2 bridgehead atoms. The largest absolute Gasteiger partial charge is 0.467 e. The van der Waals surface area contributed by atoms with E-state index >= 15 is 0 Å². The molecule has 1 atom stereocenters. The maximum atomic E-state index is 11.0. The smallest absolute Gasteiger partial charge is 0.330 e. The zero-order valence-electron chi connectivity index (χ0n) is 86.0. The number of carbonyl (C=O) groups excluding carboxylic acids is 27. The highest BCUT2D eigenvalue weighted by Crippen LogP contribution is 2.56. The van der Waals surface area contributed by atoms with Crippen molar-refractivity contribution >= 4 is 158 Å². The first-order valence-electron chi connectivity index (χ1n) is 45.3. The Morgan fingerprint density at radius 1 is 0.399 bits per heavy atom. The molecule has 13 N–H and O–H groups in total. The number of ketones is 14. The highest BCUT2D eigenvalue weighted by molar-refractivity contribution is 6.40. The van der Waals surface area contributed by atoms with E-state index < -0.39 is 146 Å². The third kappa shape index (κ3) is 82.0. The third-order valence-electron chi connectivity index (χ3n) is 20.3. The number of aliphatic hydroxyl groups is 1. The van der Waals surface area contributed by atoms with Crippen LogP contribution in [0.5, 0.6) is 0 Å². The second-order valence-corrected chi connectivity index (χ2v) is 37.7. The van der Waals surface area contributed by atoms with Gasteiger partial charge in [-0.1, -0.05) is 107 Å². The van der Waals surface area contributed by atoms with Crippen molar-refractivity contribution in [2.24, 2.45) is 29.6 Å². The summed E-state index contributed by atoms with van der Waals surface area (Å²) < 4.78 is 14.3. The highest BCUT2D eigenvalue weighted by atomic mass is 16.5. The van der Waals surface area contributed by atoms with Crippen LogP contribution in [0.3, 0.4) is 0 Å². The lowest BCUT2D eigenvalue weighted by molar-refractivity contribution is -0.150. The Kier molecular flexibility index (Phi) is 97.0. The van der Waals surface area contributed by atoms with Crippen LogP contribution in [-0.2, 0) is 144 Å². The van der Waals surface area contributed by atoms with Crippen LogP contribution in [0.15, 0.2) is 0 Å². The summed E-state index contributed by atoms with van der Waals surface area (Å²) in [6.45, 7) is 46.2. The standard InChI is InChI=1S/C8H13NO4.C8H13NO3.C8H11NO2.2C8H13NO2.C8H15NO2.C8H12O2.2C7H11NO3.C7H13NO2.2C6H11NO2.C6H7NO2.10CH4/c1-5(10)6(11)9-8(2,3)7(12)13-4;1-5(11)8(12)9-7-2-6(3-7)4-10;1-5(10)7(11)9-8-2-6(3-8)4-8;2*1-5-3-7(4-5)9-8(11)6(2)10;1-5-8(3,4)9-7(11)6(2)10;1-6(9)8(10)5-7-3-2-4-7;1-5(9)6(10)8-7(2)3-11-4-7;1-5(9)7(10)8-6-2-3-11-4-6;1-5(9)6(10)8-7(2,3)4;2*1-4(2)7-6(9)5(3)8;1-3-4-7-6(9)5(2)8;;;;;;;;;;/h1-4H3,(H,9,11);6-7,10H,2-4H2,1H3,(H,9,12);6H,2-4H2,1H3,(H,9,11);2*5,7H,3-4H2,1-2H3,(H,9,11);5H2,1-4H3,(H,9,11);7H,2-5H2,1H3;3-4H2,1-2H3,(H,8,10);6H,2-4H2,1H3,(H,8,10);1-4H3,(H,8,10);2*4H,1-3H3,(H,7,9);1H,4H2,2H3,(H,7,9);10*1H4. The minimum absolute atomic E-state index is 0. The number of Topliss-reactive ketones (excluding diaryl/α,β-unsaturated/α-hetero) is 14. The molecule has 2 heterocycles. The first-order valence-corrected chi connectivity index (χ1v) is 45.3. The molecule has 12 amide bonds. The van der Waals surface area contributed by atoms with Crippen LogP contribution in [0, 0.1) is 41.9 Å². The number of hydrogen-bond donors (Lipinski definition) is 13. The molecule has 7 saturated carbocycles. The monoisotopic (exact) mass is 2120 g/mol. The van der Waals surface area contributed by atoms with Gasteiger partial charge >= 0.3 is 5.97 Å². The van der Waals surface area contributed by atoms with Gasteiger partial charge in [-0.3, -0.25) is 125 Å². The minimum atomic E-state index is -1.17. The van der Waals surface area contributed by atoms with E-state index in [1.165, 1.54) is 110 Å². The van der Waals surface area contributed by atoms with Crippen LogP contribution in [0.1, 0.15) is 364 Å². The Labute approximate surface area is 883 Å². The molecule has 2 saturated heterocycles. The van der Waals surface area contributed by atoms with Crippen LogP contribution in [0.25, 0.3) is 0 Å². The second-order valence-electron chi connectivity index (χ2n) is 37.7. The molecular formula is C105H194N12O31. The van der Waals surface area contributed by atoms with Crippen LogP contribution < -0.4 is 63.8 Å². The minimum Gasteiger partial charge on any atom is -0.467 e. The second kappa shape index (κ2) is 84.8. The van der Waals surface area contributed by atoms with Gasteiger partial charge in [-0.2, -0.15) is 0 Å². The zero-order valence-corrected chi connectivity index (χ0v) is 86.0. The predicted molar refractivity (Wildman–Crippen MR) is 572 cm³/mol. The van der Waals surface area contributed by atoms with Gasteiger partial charge in [-0.25, -0.2) is 4.79 Å². The van der Waals surface area contributed by atoms with Crippen LogP contribution in [-0.4, -0.2) is 274 Å². The molecule has 1 unspecified atom stereocenters. The van der Waals surface area contributed by atoms with Crippen LogP contribution in [0.2, 0.25) is 0 Å². The fourth-order valence-corrected chi connectivity index (χ4v) is 11.3. The Morgan fingerprint density at radius 3 is 0.926 bits per heavy atom. The molecule has 0 radical (unpaired) electrons. The van der Waals surface area contributed by atoms with Crippen LogP contribution >= 0.6 is 0 Å². The van der Waals surface area contributed by atoms with Crippen molar-refractivity contribution in [3.63, 3.8) is 0 Å². The highest BCUT2D eigenvalue weighted by Gasteiger charge is 2.57. The summed E-state index contributed by atoms with van der Waals surface area (Å²) in [5.41, 5.74) is -2.03. The Balaban J connectivity index is -0.0000000992. The van der Waals surface area contributed by atoms with E-state index in [9.17, 15) is 129 Å². The molecule has 0 aromatic heterocycles. The summed E-state index contributed by atoms with van der Waals surface area (Å²) in [6, 6.07) is 0.718. The average Bonchev–Trinajstić information content (AvgIpc) is 0.725. The Morgan fingerprint density at radius 2 is 0.709 bits per heavy atom. The molecule has 9 aliphatic rings. The normalized spacial score (nSPS) is 17.9. The first kappa shape index (κ1) is 169. The number of esters is 1. The molecule has 148 heavy (non-hydrogen) atoms. The summed E-state index contributed by atoms with van der Waals surface area (Å²) in [4.78, 5) is 286. The van der Waals surface area contributed by atoms with Crippen molar-refractivity contribution in [1.82, 2.24) is 63.8 Å². The van der Waals surface area contributed by atoms with Crippen molar-refractivity contribution in [2.45, 2.75) is 428 Å². The first-order chi connectivity index (χ1) is 63.1. The fourth-order valence-electron chi connectivity index (χ4n) is 11.3.